The van der Waals surface area contributed by atoms with Crippen molar-refractivity contribution in [2.75, 3.05) is 5.32 Å². The number of thioether (sulfide) groups is 1. The van der Waals surface area contributed by atoms with Gasteiger partial charge in [0.15, 0.2) is 0 Å². The molecule has 0 bridgehead atoms. The molecule has 0 radical (unpaired) electrons. The van der Waals surface area contributed by atoms with Crippen LogP contribution in [0.5, 0.6) is 0 Å². The number of rotatable bonds is 2. The van der Waals surface area contributed by atoms with Crippen molar-refractivity contribution in [1.82, 2.24) is 9.97 Å². The van der Waals surface area contributed by atoms with Gasteiger partial charge in [0.1, 0.15) is 0 Å². The Morgan fingerprint density at radius 3 is 3.11 bits per heavy atom. The molecule has 4 nitrogen and oxygen atoms in total. The number of aromatic nitrogens is 2. The van der Waals surface area contributed by atoms with Crippen molar-refractivity contribution >= 4 is 23.4 Å². The van der Waals surface area contributed by atoms with E-state index in [1.807, 2.05) is 31.2 Å². The van der Waals surface area contributed by atoms with E-state index in [2.05, 4.69) is 15.3 Å². The predicted octanol–water partition coefficient (Wildman–Crippen LogP) is 2.57. The van der Waals surface area contributed by atoms with Crippen molar-refractivity contribution in [2.45, 2.75) is 18.4 Å². The van der Waals surface area contributed by atoms with Gasteiger partial charge in [-0.25, -0.2) is 4.98 Å². The molecule has 1 aromatic heterocycles. The quantitative estimate of drug-likeness (QED) is 0.870. The highest BCUT2D eigenvalue weighted by Gasteiger charge is 2.17. The van der Waals surface area contributed by atoms with Crippen LogP contribution in [-0.4, -0.2) is 9.97 Å². The minimum atomic E-state index is -0.0276. The Bertz CT molecular complexity index is 651. The minimum absolute atomic E-state index is 0.0276. The molecule has 0 spiro atoms. The number of aromatic amines is 1. The Balaban J connectivity index is 1.94. The van der Waals surface area contributed by atoms with Crippen molar-refractivity contribution in [2.24, 2.45) is 0 Å². The van der Waals surface area contributed by atoms with Gasteiger partial charge >= 0.3 is 0 Å². The summed E-state index contributed by atoms with van der Waals surface area (Å²) in [6.45, 7) is 2.03. The van der Waals surface area contributed by atoms with E-state index in [4.69, 9.17) is 0 Å². The average Bonchev–Trinajstić information content (AvgIpc) is 2.77. The highest BCUT2D eigenvalue weighted by Crippen LogP contribution is 2.26. The lowest BCUT2D eigenvalue weighted by Gasteiger charge is -2.07. The number of nitrogens with one attached hydrogen (secondary N) is 2. The lowest BCUT2D eigenvalue weighted by molar-refractivity contribution is 1.03. The molecule has 0 atom stereocenters. The highest BCUT2D eigenvalue weighted by atomic mass is 32.2. The number of benzene rings is 1. The third kappa shape index (κ3) is 2.13. The SMILES string of the molecule is Cc1cccc(Nc2nc3c(c(=O)[nH]2)CSC3)c1. The molecule has 0 fully saturated rings. The molecule has 0 saturated carbocycles. The largest absolute Gasteiger partial charge is 0.326 e. The number of fused-ring (bicyclic) bond motifs is 1. The average molecular weight is 259 g/mol. The number of hydrogen-bond acceptors (Lipinski definition) is 4. The zero-order valence-electron chi connectivity index (χ0n) is 9.99. The van der Waals surface area contributed by atoms with E-state index < -0.39 is 0 Å². The second-order valence-electron chi connectivity index (χ2n) is 4.33. The summed E-state index contributed by atoms with van der Waals surface area (Å²) >= 11 is 1.72. The van der Waals surface area contributed by atoms with Gasteiger partial charge in [0, 0.05) is 22.8 Å². The zero-order chi connectivity index (χ0) is 12.5. The van der Waals surface area contributed by atoms with Crippen LogP contribution in [0.2, 0.25) is 0 Å². The number of nitrogens with zero attached hydrogens (tertiary/aromatic N) is 1. The molecule has 2 N–H and O–H groups in total. The molecule has 1 aliphatic rings. The smallest absolute Gasteiger partial charge is 0.256 e. The highest BCUT2D eigenvalue weighted by molar-refractivity contribution is 7.98. The van der Waals surface area contributed by atoms with E-state index in [0.717, 1.165) is 28.5 Å². The van der Waals surface area contributed by atoms with Gasteiger partial charge in [0.05, 0.1) is 5.69 Å². The molecule has 0 amide bonds. The first kappa shape index (κ1) is 11.3. The maximum atomic E-state index is 11.8. The number of aryl methyl sites for hydroxylation is 1. The third-order valence-corrected chi connectivity index (χ3v) is 3.84. The maximum absolute atomic E-state index is 11.8. The number of hydrogen-bond donors (Lipinski definition) is 2. The molecule has 2 aromatic rings. The van der Waals surface area contributed by atoms with Crippen LogP contribution in [-0.2, 0) is 11.5 Å². The standard InChI is InChI=1S/C13H13N3OS/c1-8-3-2-4-9(5-8)14-13-15-11-7-18-6-10(11)12(17)16-13/h2-5H,6-7H2,1H3,(H2,14,15,16,17). The Hall–Kier alpha value is -1.75. The van der Waals surface area contributed by atoms with Crippen LogP contribution in [0.4, 0.5) is 11.6 Å². The van der Waals surface area contributed by atoms with E-state index in [1.54, 1.807) is 11.8 Å². The normalized spacial score (nSPS) is 13.4. The number of H-pyrrole nitrogens is 1. The van der Waals surface area contributed by atoms with Gasteiger partial charge in [0.25, 0.3) is 5.56 Å². The summed E-state index contributed by atoms with van der Waals surface area (Å²) in [4.78, 5) is 19.1. The molecule has 0 aliphatic carbocycles. The first-order valence-corrected chi connectivity index (χ1v) is 6.91. The van der Waals surface area contributed by atoms with Crippen molar-refractivity contribution < 1.29 is 0 Å². The first-order valence-electron chi connectivity index (χ1n) is 5.76. The van der Waals surface area contributed by atoms with Gasteiger partial charge < -0.3 is 5.32 Å². The second kappa shape index (κ2) is 4.49. The topological polar surface area (TPSA) is 57.8 Å². The first-order chi connectivity index (χ1) is 8.72. The third-order valence-electron chi connectivity index (χ3n) is 2.87. The van der Waals surface area contributed by atoms with E-state index in [1.165, 1.54) is 5.56 Å². The monoisotopic (exact) mass is 259 g/mol. The van der Waals surface area contributed by atoms with Crippen molar-refractivity contribution in [3.63, 3.8) is 0 Å². The molecule has 18 heavy (non-hydrogen) atoms. The summed E-state index contributed by atoms with van der Waals surface area (Å²) in [5.41, 5.74) is 3.79. The fraction of sp³-hybridized carbons (Fsp3) is 0.231. The minimum Gasteiger partial charge on any atom is -0.326 e. The van der Waals surface area contributed by atoms with E-state index in [-0.39, 0.29) is 5.56 Å². The summed E-state index contributed by atoms with van der Waals surface area (Å²) in [5.74, 6) is 2.11. The van der Waals surface area contributed by atoms with Crippen LogP contribution in [0.25, 0.3) is 0 Å². The Morgan fingerprint density at radius 2 is 2.28 bits per heavy atom. The van der Waals surface area contributed by atoms with Crippen molar-refractivity contribution in [3.05, 3.63) is 51.4 Å². The number of anilines is 2. The molecule has 92 valence electrons. The Kier molecular flexibility index (Phi) is 2.83. The summed E-state index contributed by atoms with van der Waals surface area (Å²) < 4.78 is 0. The lowest BCUT2D eigenvalue weighted by Crippen LogP contribution is -2.16. The van der Waals surface area contributed by atoms with E-state index in [0.29, 0.717) is 5.95 Å². The van der Waals surface area contributed by atoms with Crippen LogP contribution < -0.4 is 10.9 Å². The molecule has 0 saturated heterocycles. The van der Waals surface area contributed by atoms with Crippen LogP contribution in [0.15, 0.2) is 29.1 Å². The molecule has 0 unspecified atom stereocenters. The summed E-state index contributed by atoms with van der Waals surface area (Å²) in [7, 11) is 0. The van der Waals surface area contributed by atoms with Crippen LogP contribution >= 0.6 is 11.8 Å². The molecule has 2 heterocycles. The molecular formula is C13H13N3OS. The molecule has 5 heteroatoms. The molecular weight excluding hydrogens is 246 g/mol. The molecule has 1 aliphatic heterocycles. The Morgan fingerprint density at radius 1 is 1.39 bits per heavy atom. The molecule has 3 rings (SSSR count). The zero-order valence-corrected chi connectivity index (χ0v) is 10.8. The van der Waals surface area contributed by atoms with Crippen LogP contribution in [0, 0.1) is 6.92 Å². The van der Waals surface area contributed by atoms with Crippen molar-refractivity contribution in [1.29, 1.82) is 0 Å². The van der Waals surface area contributed by atoms with Gasteiger partial charge in [-0.15, -0.1) is 0 Å². The van der Waals surface area contributed by atoms with Crippen LogP contribution in [0.3, 0.4) is 0 Å². The summed E-state index contributed by atoms with van der Waals surface area (Å²) in [5, 5.41) is 3.14. The fourth-order valence-corrected chi connectivity index (χ4v) is 3.02. The van der Waals surface area contributed by atoms with Gasteiger partial charge in [-0.1, -0.05) is 12.1 Å². The summed E-state index contributed by atoms with van der Waals surface area (Å²) in [6.07, 6.45) is 0. The molecule has 1 aromatic carbocycles. The van der Waals surface area contributed by atoms with Gasteiger partial charge in [0.2, 0.25) is 5.95 Å². The van der Waals surface area contributed by atoms with Gasteiger partial charge in [-0.2, -0.15) is 11.8 Å². The summed E-state index contributed by atoms with van der Waals surface area (Å²) in [6, 6.07) is 7.97. The van der Waals surface area contributed by atoms with Gasteiger partial charge in [-0.3, -0.25) is 9.78 Å². The van der Waals surface area contributed by atoms with Crippen molar-refractivity contribution in [3.8, 4) is 0 Å². The van der Waals surface area contributed by atoms with E-state index in [9.17, 15) is 4.79 Å². The Labute approximate surface area is 109 Å². The van der Waals surface area contributed by atoms with E-state index >= 15 is 0 Å². The van der Waals surface area contributed by atoms with Gasteiger partial charge in [-0.05, 0) is 24.6 Å². The van der Waals surface area contributed by atoms with Crippen LogP contribution in [0.1, 0.15) is 16.8 Å². The second-order valence-corrected chi connectivity index (χ2v) is 5.31. The lowest BCUT2D eigenvalue weighted by atomic mass is 10.2. The fourth-order valence-electron chi connectivity index (χ4n) is 1.98. The maximum Gasteiger partial charge on any atom is 0.256 e. The predicted molar refractivity (Wildman–Crippen MR) is 74.3 cm³/mol.